The number of esters is 1. The van der Waals surface area contributed by atoms with Crippen molar-refractivity contribution in [3.05, 3.63) is 65.9 Å². The highest BCUT2D eigenvalue weighted by molar-refractivity contribution is 5.85. The maximum Gasteiger partial charge on any atom is 0.310 e. The molecule has 182 valence electrons. The van der Waals surface area contributed by atoms with Crippen molar-refractivity contribution in [3.63, 3.8) is 0 Å². The molecule has 0 saturated carbocycles. The summed E-state index contributed by atoms with van der Waals surface area (Å²) in [4.78, 5) is 16.4. The summed E-state index contributed by atoms with van der Waals surface area (Å²) < 4.78 is 16.2. The molecular weight excluding hydrogens is 452 g/mol. The Morgan fingerprint density at radius 3 is 2.38 bits per heavy atom. The number of ether oxygens (including phenoxy) is 3. The molecule has 1 aromatic heterocycles. The Kier molecular flexibility index (Phi) is 10.8. The number of carbonyl (C=O) groups is 1. The Labute approximate surface area is 208 Å². The van der Waals surface area contributed by atoms with Gasteiger partial charge in [-0.05, 0) is 66.9 Å². The number of hydrogen-bond donors (Lipinski definition) is 1. The zero-order chi connectivity index (χ0) is 23.6. The normalized spacial score (nSPS) is 10.4. The topological polar surface area (TPSA) is 69.7 Å². The summed E-state index contributed by atoms with van der Waals surface area (Å²) in [6.45, 7) is 8.36. The van der Waals surface area contributed by atoms with E-state index < -0.39 is 0 Å². The van der Waals surface area contributed by atoms with Crippen molar-refractivity contribution in [1.29, 1.82) is 0 Å². The number of hydrogen-bond acceptors (Lipinski definition) is 6. The van der Waals surface area contributed by atoms with Crippen LogP contribution in [0.1, 0.15) is 31.9 Å². The van der Waals surface area contributed by atoms with Crippen molar-refractivity contribution in [1.82, 2.24) is 10.3 Å². The van der Waals surface area contributed by atoms with Gasteiger partial charge >= 0.3 is 5.97 Å². The predicted molar refractivity (Wildman–Crippen MR) is 138 cm³/mol. The van der Waals surface area contributed by atoms with Gasteiger partial charge in [0.1, 0.15) is 5.75 Å². The van der Waals surface area contributed by atoms with Crippen LogP contribution < -0.4 is 14.8 Å². The molecule has 0 aliphatic rings. The second-order valence-electron chi connectivity index (χ2n) is 7.49. The maximum atomic E-state index is 12.0. The van der Waals surface area contributed by atoms with Gasteiger partial charge in [0.05, 0.1) is 26.7 Å². The van der Waals surface area contributed by atoms with E-state index in [1.165, 1.54) is 0 Å². The summed E-state index contributed by atoms with van der Waals surface area (Å²) >= 11 is 0. The minimum absolute atomic E-state index is 0. The number of benzene rings is 2. The van der Waals surface area contributed by atoms with Gasteiger partial charge in [-0.1, -0.05) is 25.1 Å². The number of pyridine rings is 1. The standard InChI is InChI=1S/C27H32N2O4.ClH/c1-5-28-17-22-16-20(21-10-13-26(29-18-21)32-6-2)9-11-23(22)24-14-19(8-12-25(24)31-4)15-27(30)33-7-3;/h8-14,16,18,28H,5-7,15,17H2,1-4H3;1H. The number of rotatable bonds is 11. The number of carbonyl (C=O) groups excluding carboxylic acids is 1. The van der Waals surface area contributed by atoms with Crippen LogP contribution in [0.2, 0.25) is 0 Å². The van der Waals surface area contributed by atoms with Crippen molar-refractivity contribution in [2.45, 2.75) is 33.7 Å². The largest absolute Gasteiger partial charge is 0.496 e. The lowest BCUT2D eigenvalue weighted by Crippen LogP contribution is -2.13. The Morgan fingerprint density at radius 1 is 0.941 bits per heavy atom. The highest BCUT2D eigenvalue weighted by Gasteiger charge is 2.15. The molecule has 0 spiro atoms. The van der Waals surface area contributed by atoms with Gasteiger partial charge in [0, 0.05) is 29.9 Å². The van der Waals surface area contributed by atoms with Crippen LogP contribution in [0, 0.1) is 0 Å². The molecule has 3 rings (SSSR count). The van der Waals surface area contributed by atoms with E-state index in [1.807, 2.05) is 50.4 Å². The number of nitrogens with zero attached hydrogens (tertiary/aromatic N) is 1. The van der Waals surface area contributed by atoms with Crippen LogP contribution >= 0.6 is 12.4 Å². The molecule has 0 radical (unpaired) electrons. The van der Waals surface area contributed by atoms with Gasteiger partial charge in [-0.25, -0.2) is 4.98 Å². The van der Waals surface area contributed by atoms with Crippen LogP contribution in [0.4, 0.5) is 0 Å². The predicted octanol–water partition coefficient (Wildman–Crippen LogP) is 5.46. The fraction of sp³-hybridized carbons (Fsp3) is 0.333. The molecule has 2 aromatic carbocycles. The van der Waals surface area contributed by atoms with Crippen LogP contribution in [0.5, 0.6) is 11.6 Å². The van der Waals surface area contributed by atoms with Gasteiger partial charge in [0.25, 0.3) is 0 Å². The third-order valence-corrected chi connectivity index (χ3v) is 5.24. The molecular formula is C27H33ClN2O4. The first kappa shape index (κ1) is 27.2. The molecule has 6 nitrogen and oxygen atoms in total. The van der Waals surface area contributed by atoms with Crippen molar-refractivity contribution in [2.24, 2.45) is 0 Å². The first-order chi connectivity index (χ1) is 16.1. The molecule has 0 aliphatic carbocycles. The van der Waals surface area contributed by atoms with Crippen LogP contribution in [0.15, 0.2) is 54.7 Å². The Bertz CT molecular complexity index is 1070. The van der Waals surface area contributed by atoms with E-state index in [2.05, 4.69) is 35.4 Å². The number of methoxy groups -OCH3 is 1. The summed E-state index contributed by atoms with van der Waals surface area (Å²) in [5.41, 5.74) is 6.12. The quantitative estimate of drug-likeness (QED) is 0.364. The highest BCUT2D eigenvalue weighted by Crippen LogP contribution is 2.36. The van der Waals surface area contributed by atoms with Crippen LogP contribution in [0.3, 0.4) is 0 Å². The summed E-state index contributed by atoms with van der Waals surface area (Å²) in [6, 6.07) is 16.1. The third kappa shape index (κ3) is 6.95. The van der Waals surface area contributed by atoms with E-state index in [0.29, 0.717) is 25.6 Å². The number of nitrogens with one attached hydrogen (secondary N) is 1. The minimum atomic E-state index is -0.236. The molecule has 7 heteroatoms. The van der Waals surface area contributed by atoms with E-state index >= 15 is 0 Å². The van der Waals surface area contributed by atoms with E-state index in [9.17, 15) is 4.79 Å². The molecule has 0 bridgehead atoms. The average molecular weight is 485 g/mol. The fourth-order valence-corrected chi connectivity index (χ4v) is 3.68. The summed E-state index contributed by atoms with van der Waals surface area (Å²) in [5.74, 6) is 1.14. The van der Waals surface area contributed by atoms with Gasteiger partial charge in [-0.2, -0.15) is 0 Å². The summed E-state index contributed by atoms with van der Waals surface area (Å²) in [5, 5.41) is 3.43. The summed E-state index contributed by atoms with van der Waals surface area (Å²) in [6.07, 6.45) is 2.06. The molecule has 0 saturated heterocycles. The SMILES string of the molecule is CCNCc1cc(-c2ccc(OCC)nc2)ccc1-c1cc(CC(=O)OCC)ccc1OC.Cl. The molecule has 34 heavy (non-hydrogen) atoms. The number of halogens is 1. The average Bonchev–Trinajstić information content (AvgIpc) is 2.83. The number of aromatic nitrogens is 1. The third-order valence-electron chi connectivity index (χ3n) is 5.24. The van der Waals surface area contributed by atoms with Gasteiger partial charge in [-0.3, -0.25) is 4.79 Å². The molecule has 0 aliphatic heterocycles. The Balaban J connectivity index is 0.00000408. The van der Waals surface area contributed by atoms with Crippen molar-refractivity contribution < 1.29 is 19.0 Å². The molecule has 0 atom stereocenters. The molecule has 1 N–H and O–H groups in total. The lowest BCUT2D eigenvalue weighted by molar-refractivity contribution is -0.142. The lowest BCUT2D eigenvalue weighted by atomic mass is 9.93. The Hall–Kier alpha value is -3.09. The first-order valence-corrected chi connectivity index (χ1v) is 11.3. The maximum absolute atomic E-state index is 12.0. The molecule has 0 fully saturated rings. The zero-order valence-electron chi connectivity index (χ0n) is 20.2. The lowest BCUT2D eigenvalue weighted by Gasteiger charge is -2.16. The Morgan fingerprint density at radius 2 is 1.74 bits per heavy atom. The second kappa shape index (κ2) is 13.6. The van der Waals surface area contributed by atoms with E-state index in [4.69, 9.17) is 14.2 Å². The van der Waals surface area contributed by atoms with E-state index in [0.717, 1.165) is 45.7 Å². The van der Waals surface area contributed by atoms with Crippen molar-refractivity contribution in [3.8, 4) is 33.9 Å². The molecule has 0 amide bonds. The van der Waals surface area contributed by atoms with Gasteiger partial charge < -0.3 is 19.5 Å². The highest BCUT2D eigenvalue weighted by atomic mass is 35.5. The van der Waals surface area contributed by atoms with Gasteiger partial charge in [-0.15, -0.1) is 12.4 Å². The molecule has 1 heterocycles. The van der Waals surface area contributed by atoms with Crippen molar-refractivity contribution >= 4 is 18.4 Å². The van der Waals surface area contributed by atoms with Gasteiger partial charge in [0.15, 0.2) is 0 Å². The first-order valence-electron chi connectivity index (χ1n) is 11.3. The second-order valence-corrected chi connectivity index (χ2v) is 7.49. The minimum Gasteiger partial charge on any atom is -0.496 e. The van der Waals surface area contributed by atoms with Crippen LogP contribution in [-0.2, 0) is 22.5 Å². The summed E-state index contributed by atoms with van der Waals surface area (Å²) in [7, 11) is 1.66. The van der Waals surface area contributed by atoms with E-state index in [-0.39, 0.29) is 24.8 Å². The zero-order valence-corrected chi connectivity index (χ0v) is 21.0. The molecule has 3 aromatic rings. The van der Waals surface area contributed by atoms with Crippen LogP contribution in [-0.4, -0.2) is 37.8 Å². The molecule has 0 unspecified atom stereocenters. The smallest absolute Gasteiger partial charge is 0.310 e. The fourth-order valence-electron chi connectivity index (χ4n) is 3.68. The van der Waals surface area contributed by atoms with Crippen molar-refractivity contribution in [2.75, 3.05) is 26.9 Å². The van der Waals surface area contributed by atoms with Crippen LogP contribution in [0.25, 0.3) is 22.3 Å². The van der Waals surface area contributed by atoms with Gasteiger partial charge in [0.2, 0.25) is 5.88 Å². The monoisotopic (exact) mass is 484 g/mol. The van der Waals surface area contributed by atoms with E-state index in [1.54, 1.807) is 7.11 Å².